The smallest absolute Gasteiger partial charge is 0.241 e. The highest BCUT2D eigenvalue weighted by Gasteiger charge is 2.35. The Kier molecular flexibility index (Phi) is 4.83. The monoisotopic (exact) mass is 379 g/mol. The molecule has 0 radical (unpaired) electrons. The van der Waals surface area contributed by atoms with Gasteiger partial charge in [0, 0.05) is 32.1 Å². The average Bonchev–Trinajstić information content (AvgIpc) is 3.06. The van der Waals surface area contributed by atoms with Crippen molar-refractivity contribution in [3.8, 4) is 0 Å². The first-order valence-electron chi connectivity index (χ1n) is 9.15. The summed E-state index contributed by atoms with van der Waals surface area (Å²) in [5.74, 6) is 0.841. The van der Waals surface area contributed by atoms with E-state index in [2.05, 4.69) is 13.0 Å². The molecule has 2 saturated heterocycles. The standard InChI is InChI=1S/C18H25N3O2S2/c1-14-5-4-10-21(13-14)25(22,23)20-11-8-15(9-12-20)18-19-16-6-2-3-7-17(16)24-18/h2-3,6-7,14-15H,4-5,8-13H2,1H3. The molecule has 0 bridgehead atoms. The summed E-state index contributed by atoms with van der Waals surface area (Å²) in [5.41, 5.74) is 1.06. The lowest BCUT2D eigenvalue weighted by Gasteiger charge is -2.37. The van der Waals surface area contributed by atoms with Gasteiger partial charge in [0.25, 0.3) is 10.2 Å². The van der Waals surface area contributed by atoms with Crippen LogP contribution in [0.1, 0.15) is 43.5 Å². The molecule has 1 unspecified atom stereocenters. The van der Waals surface area contributed by atoms with Crippen LogP contribution < -0.4 is 0 Å². The molecule has 2 fully saturated rings. The van der Waals surface area contributed by atoms with Crippen LogP contribution in [-0.4, -0.2) is 48.2 Å². The zero-order chi connectivity index (χ0) is 17.4. The Balaban J connectivity index is 1.44. The van der Waals surface area contributed by atoms with E-state index in [1.54, 1.807) is 19.9 Å². The number of piperidine rings is 2. The SMILES string of the molecule is CC1CCCN(S(=O)(=O)N2CCC(c3nc4ccccc4s3)CC2)C1. The second-order valence-electron chi connectivity index (χ2n) is 7.31. The lowest BCUT2D eigenvalue weighted by Crippen LogP contribution is -2.49. The van der Waals surface area contributed by atoms with Gasteiger partial charge in [-0.3, -0.25) is 0 Å². The van der Waals surface area contributed by atoms with Gasteiger partial charge in [-0.1, -0.05) is 19.1 Å². The summed E-state index contributed by atoms with van der Waals surface area (Å²) in [6.07, 6.45) is 3.83. The summed E-state index contributed by atoms with van der Waals surface area (Å²) in [5, 5.41) is 1.16. The minimum absolute atomic E-state index is 0.379. The van der Waals surface area contributed by atoms with E-state index in [1.807, 2.05) is 18.2 Å². The number of nitrogens with zero attached hydrogens (tertiary/aromatic N) is 3. The molecule has 2 aliphatic heterocycles. The molecule has 0 amide bonds. The molecular formula is C18H25N3O2S2. The van der Waals surface area contributed by atoms with Crippen LogP contribution in [0.15, 0.2) is 24.3 Å². The van der Waals surface area contributed by atoms with Gasteiger partial charge in [-0.15, -0.1) is 11.3 Å². The number of para-hydroxylation sites is 1. The van der Waals surface area contributed by atoms with E-state index in [1.165, 1.54) is 4.70 Å². The first-order valence-corrected chi connectivity index (χ1v) is 11.4. The highest BCUT2D eigenvalue weighted by molar-refractivity contribution is 7.86. The molecule has 1 aromatic heterocycles. The number of fused-ring (bicyclic) bond motifs is 1. The van der Waals surface area contributed by atoms with Gasteiger partial charge in [-0.05, 0) is 43.7 Å². The zero-order valence-electron chi connectivity index (χ0n) is 14.6. The summed E-state index contributed by atoms with van der Waals surface area (Å²) < 4.78 is 30.4. The number of thiazole rings is 1. The van der Waals surface area contributed by atoms with Crippen molar-refractivity contribution in [2.75, 3.05) is 26.2 Å². The van der Waals surface area contributed by atoms with Crippen molar-refractivity contribution >= 4 is 31.8 Å². The van der Waals surface area contributed by atoms with E-state index < -0.39 is 10.2 Å². The maximum Gasteiger partial charge on any atom is 0.281 e. The molecule has 2 aliphatic rings. The second kappa shape index (κ2) is 6.95. The minimum atomic E-state index is -3.30. The number of rotatable bonds is 3. The fourth-order valence-corrected chi connectivity index (χ4v) is 6.86. The molecule has 3 heterocycles. The number of aromatic nitrogens is 1. The minimum Gasteiger partial charge on any atom is -0.241 e. The van der Waals surface area contributed by atoms with Gasteiger partial charge in [-0.25, -0.2) is 4.98 Å². The summed E-state index contributed by atoms with van der Waals surface area (Å²) in [4.78, 5) is 4.76. The van der Waals surface area contributed by atoms with Crippen molar-refractivity contribution in [2.24, 2.45) is 5.92 Å². The molecule has 1 atom stereocenters. The van der Waals surface area contributed by atoms with Gasteiger partial charge in [0.1, 0.15) is 0 Å². The molecule has 0 N–H and O–H groups in total. The van der Waals surface area contributed by atoms with Gasteiger partial charge >= 0.3 is 0 Å². The topological polar surface area (TPSA) is 53.5 Å². The third-order valence-corrected chi connectivity index (χ3v) is 8.59. The molecule has 136 valence electrons. The molecule has 25 heavy (non-hydrogen) atoms. The average molecular weight is 380 g/mol. The molecule has 2 aromatic rings. The predicted octanol–water partition coefficient (Wildman–Crippen LogP) is 3.45. The summed E-state index contributed by atoms with van der Waals surface area (Å²) in [6, 6.07) is 8.21. The fraction of sp³-hybridized carbons (Fsp3) is 0.611. The van der Waals surface area contributed by atoms with E-state index in [9.17, 15) is 8.42 Å². The molecule has 0 saturated carbocycles. The first kappa shape index (κ1) is 17.4. The highest BCUT2D eigenvalue weighted by Crippen LogP contribution is 2.35. The summed E-state index contributed by atoms with van der Waals surface area (Å²) >= 11 is 1.75. The number of hydrogen-bond acceptors (Lipinski definition) is 4. The van der Waals surface area contributed by atoms with E-state index in [4.69, 9.17) is 4.98 Å². The van der Waals surface area contributed by atoms with E-state index in [-0.39, 0.29) is 0 Å². The Morgan fingerprint density at radius 2 is 1.84 bits per heavy atom. The van der Waals surface area contributed by atoms with E-state index in [0.29, 0.717) is 38.0 Å². The van der Waals surface area contributed by atoms with Crippen molar-refractivity contribution in [3.63, 3.8) is 0 Å². The largest absolute Gasteiger partial charge is 0.281 e. The van der Waals surface area contributed by atoms with Crippen LogP contribution in [0.5, 0.6) is 0 Å². The van der Waals surface area contributed by atoms with Crippen molar-refractivity contribution < 1.29 is 8.42 Å². The molecular weight excluding hydrogens is 354 g/mol. The van der Waals surface area contributed by atoms with Gasteiger partial charge in [0.2, 0.25) is 0 Å². The van der Waals surface area contributed by atoms with E-state index >= 15 is 0 Å². The van der Waals surface area contributed by atoms with Crippen LogP contribution >= 0.6 is 11.3 Å². The van der Waals surface area contributed by atoms with Gasteiger partial charge in [0.15, 0.2) is 0 Å². The Hall–Kier alpha value is -1.02. The zero-order valence-corrected chi connectivity index (χ0v) is 16.2. The van der Waals surface area contributed by atoms with Crippen LogP contribution in [-0.2, 0) is 10.2 Å². The van der Waals surface area contributed by atoms with Crippen LogP contribution in [0.4, 0.5) is 0 Å². The fourth-order valence-electron chi connectivity index (χ4n) is 3.92. The second-order valence-corrected chi connectivity index (χ2v) is 10.3. The lowest BCUT2D eigenvalue weighted by molar-refractivity contribution is 0.242. The third kappa shape index (κ3) is 3.47. The van der Waals surface area contributed by atoms with Crippen molar-refractivity contribution in [2.45, 2.75) is 38.5 Å². The predicted molar refractivity (Wildman–Crippen MR) is 102 cm³/mol. The Morgan fingerprint density at radius 1 is 1.08 bits per heavy atom. The van der Waals surface area contributed by atoms with E-state index in [0.717, 1.165) is 36.2 Å². The Labute approximate surface area is 153 Å². The quantitative estimate of drug-likeness (QED) is 0.821. The maximum absolute atomic E-state index is 12.9. The maximum atomic E-state index is 12.9. The van der Waals surface area contributed by atoms with Crippen LogP contribution in [0, 0.1) is 5.92 Å². The molecule has 1 aromatic carbocycles. The highest BCUT2D eigenvalue weighted by atomic mass is 32.2. The molecule has 5 nitrogen and oxygen atoms in total. The summed E-state index contributed by atoms with van der Waals surface area (Å²) in [7, 11) is -3.30. The van der Waals surface area contributed by atoms with Crippen LogP contribution in [0.3, 0.4) is 0 Å². The Morgan fingerprint density at radius 3 is 2.56 bits per heavy atom. The number of benzene rings is 1. The van der Waals surface area contributed by atoms with Gasteiger partial charge in [-0.2, -0.15) is 17.0 Å². The van der Waals surface area contributed by atoms with Crippen molar-refractivity contribution in [1.29, 1.82) is 0 Å². The normalized spacial score (nSPS) is 24.8. The van der Waals surface area contributed by atoms with Gasteiger partial charge in [0.05, 0.1) is 15.2 Å². The first-order chi connectivity index (χ1) is 12.0. The lowest BCUT2D eigenvalue weighted by atomic mass is 9.99. The number of hydrogen-bond donors (Lipinski definition) is 0. The van der Waals surface area contributed by atoms with Crippen molar-refractivity contribution in [1.82, 2.24) is 13.6 Å². The molecule has 0 spiro atoms. The molecule has 0 aliphatic carbocycles. The molecule has 4 rings (SSSR count). The Bertz CT molecular complexity index is 808. The van der Waals surface area contributed by atoms with Gasteiger partial charge < -0.3 is 0 Å². The molecule has 7 heteroatoms. The third-order valence-electron chi connectivity index (χ3n) is 5.39. The van der Waals surface area contributed by atoms with Crippen LogP contribution in [0.2, 0.25) is 0 Å². The van der Waals surface area contributed by atoms with Crippen LogP contribution in [0.25, 0.3) is 10.2 Å². The summed E-state index contributed by atoms with van der Waals surface area (Å²) in [6.45, 7) is 4.69. The van der Waals surface area contributed by atoms with Crippen molar-refractivity contribution in [3.05, 3.63) is 29.3 Å².